The predicted molar refractivity (Wildman–Crippen MR) is 214 cm³/mol. The molecule has 15 nitrogen and oxygen atoms in total. The number of hydrogen-bond donors (Lipinski definition) is 7. The van der Waals surface area contributed by atoms with Crippen molar-refractivity contribution in [2.75, 3.05) is 20.6 Å². The lowest BCUT2D eigenvalue weighted by atomic mass is 9.85. The molecule has 0 aromatic heterocycles. The zero-order valence-electron chi connectivity index (χ0n) is 35.0. The van der Waals surface area contributed by atoms with Crippen molar-refractivity contribution in [2.24, 2.45) is 10.8 Å². The van der Waals surface area contributed by atoms with Crippen LogP contribution in [0, 0.1) is 10.8 Å². The first-order chi connectivity index (χ1) is 26.2. The van der Waals surface area contributed by atoms with Gasteiger partial charge in [-0.1, -0.05) is 65.8 Å². The van der Waals surface area contributed by atoms with E-state index in [2.05, 4.69) is 43.3 Å². The Morgan fingerprint density at radius 3 is 1.98 bits per heavy atom. The quantitative estimate of drug-likeness (QED) is 0.114. The van der Waals surface area contributed by atoms with Crippen LogP contribution in [0.3, 0.4) is 0 Å². The Balaban J connectivity index is 1.72. The minimum absolute atomic E-state index is 0.0298. The molecule has 1 heterocycles. The van der Waals surface area contributed by atoms with Gasteiger partial charge in [0.2, 0.25) is 35.4 Å². The standard InChI is InChI=1S/C41H66N8O7/c1-24(42-9)35(52)47-33(40(3,4)5)38(55)45-27(23-50)17-14-20-32(51)44-28-21-31(37(54)46-30-19-13-16-26-15-11-12-18-29(26)30)49(22-28)39(56)34(41(6,7)8)48-36(53)25(2)43-10/h11-12,15,18,23-25,27-28,30-31,33-34,42-43H,13-14,16-17,19-22H2,1-10H3,(H,44,51)(H,45,55)(H,46,54)(H,47,52)(H,48,53)/t24-,25-,27-,28-,30+,31-,33+,34+/m0/s1. The summed E-state index contributed by atoms with van der Waals surface area (Å²) in [6.45, 7) is 14.4. The summed E-state index contributed by atoms with van der Waals surface area (Å²) in [7, 11) is 3.29. The lowest BCUT2D eigenvalue weighted by Gasteiger charge is -2.36. The smallest absolute Gasteiger partial charge is 0.246 e. The van der Waals surface area contributed by atoms with E-state index in [1.807, 2.05) is 59.7 Å². The molecule has 7 N–H and O–H groups in total. The number of fused-ring (bicyclic) bond motifs is 1. The molecule has 3 rings (SSSR count). The zero-order chi connectivity index (χ0) is 42.0. The molecule has 2 aliphatic rings. The van der Waals surface area contributed by atoms with E-state index >= 15 is 0 Å². The van der Waals surface area contributed by atoms with Crippen molar-refractivity contribution in [3.8, 4) is 0 Å². The molecule has 1 aliphatic heterocycles. The van der Waals surface area contributed by atoms with Gasteiger partial charge in [0.1, 0.15) is 24.4 Å². The number of rotatable bonds is 17. The van der Waals surface area contributed by atoms with Gasteiger partial charge in [-0.2, -0.15) is 0 Å². The monoisotopic (exact) mass is 783 g/mol. The SMILES string of the molecule is CN[C@@H](C)C(=O)N[C@H](C(=O)N[C@H](C=O)CCCC(=O)N[C@H]1C[C@@H](C(=O)N[C@@H]2CCCc3ccccc32)N(C(=O)[C@@H](NC(=O)[C@H](C)NC)C(C)(C)C)C1)C(C)(C)C. The van der Waals surface area contributed by atoms with Crippen LogP contribution >= 0.6 is 0 Å². The Labute approximate surface area is 332 Å². The van der Waals surface area contributed by atoms with Crippen LogP contribution in [0.5, 0.6) is 0 Å². The Hall–Kier alpha value is -4.37. The number of hydrogen-bond acceptors (Lipinski definition) is 9. The van der Waals surface area contributed by atoms with Crippen molar-refractivity contribution in [3.05, 3.63) is 35.4 Å². The molecule has 0 unspecified atom stereocenters. The Morgan fingerprint density at radius 1 is 0.821 bits per heavy atom. The van der Waals surface area contributed by atoms with Gasteiger partial charge >= 0.3 is 0 Å². The number of aryl methyl sites for hydroxylation is 1. The third kappa shape index (κ3) is 12.6. The maximum Gasteiger partial charge on any atom is 0.246 e. The number of carbonyl (C=O) groups excluding carboxylic acids is 7. The van der Waals surface area contributed by atoms with Crippen molar-refractivity contribution in [1.29, 1.82) is 0 Å². The summed E-state index contributed by atoms with van der Waals surface area (Å²) in [5.74, 6) is -2.27. The zero-order valence-corrected chi connectivity index (χ0v) is 35.0. The highest BCUT2D eigenvalue weighted by molar-refractivity contribution is 5.94. The number of amides is 6. The number of likely N-dealkylation sites (N-methyl/N-ethyl adjacent to an activating group) is 2. The minimum atomic E-state index is -0.945. The number of nitrogens with one attached hydrogen (secondary N) is 7. The van der Waals surface area contributed by atoms with E-state index in [-0.39, 0.29) is 61.9 Å². The largest absolute Gasteiger partial charge is 0.351 e. The van der Waals surface area contributed by atoms with Gasteiger partial charge in [-0.15, -0.1) is 0 Å². The topological polar surface area (TPSA) is 207 Å². The highest BCUT2D eigenvalue weighted by atomic mass is 16.2. The highest BCUT2D eigenvalue weighted by Crippen LogP contribution is 2.31. The lowest BCUT2D eigenvalue weighted by Crippen LogP contribution is -2.59. The average Bonchev–Trinajstić information content (AvgIpc) is 3.57. The molecule has 1 aromatic carbocycles. The van der Waals surface area contributed by atoms with Crippen LogP contribution in [0.25, 0.3) is 0 Å². The van der Waals surface area contributed by atoms with Crippen molar-refractivity contribution in [1.82, 2.24) is 42.1 Å². The van der Waals surface area contributed by atoms with Crippen LogP contribution < -0.4 is 37.2 Å². The minimum Gasteiger partial charge on any atom is -0.351 e. The van der Waals surface area contributed by atoms with Gasteiger partial charge in [0.25, 0.3) is 0 Å². The van der Waals surface area contributed by atoms with Crippen molar-refractivity contribution < 1.29 is 33.6 Å². The van der Waals surface area contributed by atoms with E-state index in [4.69, 9.17) is 0 Å². The van der Waals surface area contributed by atoms with Gasteiger partial charge in [-0.05, 0) is 88.4 Å². The Kier molecular flexibility index (Phi) is 16.6. The molecule has 1 saturated heterocycles. The molecule has 0 bridgehead atoms. The van der Waals surface area contributed by atoms with Gasteiger partial charge in [0.05, 0.1) is 24.2 Å². The number of benzene rings is 1. The highest BCUT2D eigenvalue weighted by Gasteiger charge is 2.46. The third-order valence-corrected chi connectivity index (χ3v) is 10.8. The second kappa shape index (κ2) is 20.2. The van der Waals surface area contributed by atoms with Gasteiger partial charge in [0, 0.05) is 19.0 Å². The molecule has 0 saturated carbocycles. The van der Waals surface area contributed by atoms with Gasteiger partial charge in [0.15, 0.2) is 0 Å². The summed E-state index contributed by atoms with van der Waals surface area (Å²) in [4.78, 5) is 94.0. The van der Waals surface area contributed by atoms with E-state index < -0.39 is 64.9 Å². The molecule has 6 amide bonds. The van der Waals surface area contributed by atoms with Crippen molar-refractivity contribution in [2.45, 2.75) is 149 Å². The van der Waals surface area contributed by atoms with Gasteiger partial charge < -0.3 is 46.9 Å². The molecule has 1 aromatic rings. The van der Waals surface area contributed by atoms with E-state index in [1.165, 1.54) is 10.5 Å². The maximum atomic E-state index is 14.4. The van der Waals surface area contributed by atoms with Gasteiger partial charge in [-0.25, -0.2) is 0 Å². The summed E-state index contributed by atoms with van der Waals surface area (Å²) in [6, 6.07) is 2.54. The molecular weight excluding hydrogens is 716 g/mol. The van der Waals surface area contributed by atoms with Gasteiger partial charge in [-0.3, -0.25) is 28.8 Å². The first kappa shape index (κ1) is 46.0. The van der Waals surface area contributed by atoms with Crippen LogP contribution in [0.2, 0.25) is 0 Å². The number of aldehydes is 1. The molecule has 0 radical (unpaired) electrons. The van der Waals surface area contributed by atoms with Crippen molar-refractivity contribution >= 4 is 41.7 Å². The molecule has 8 atom stereocenters. The summed E-state index contributed by atoms with van der Waals surface area (Å²) in [5.41, 5.74) is 0.898. The van der Waals surface area contributed by atoms with Crippen LogP contribution in [0.15, 0.2) is 24.3 Å². The van der Waals surface area contributed by atoms with Crippen LogP contribution in [-0.2, 0) is 40.0 Å². The predicted octanol–water partition coefficient (Wildman–Crippen LogP) is 1.40. The second-order valence-electron chi connectivity index (χ2n) is 17.4. The lowest BCUT2D eigenvalue weighted by molar-refractivity contribution is -0.144. The molecular formula is C41H66N8O7. The average molecular weight is 783 g/mol. The molecule has 1 fully saturated rings. The van der Waals surface area contributed by atoms with Crippen LogP contribution in [-0.4, -0.2) is 110 Å². The summed E-state index contributed by atoms with van der Waals surface area (Å²) in [6.07, 6.45) is 3.86. The fourth-order valence-corrected chi connectivity index (χ4v) is 7.11. The van der Waals surface area contributed by atoms with Crippen molar-refractivity contribution in [3.63, 3.8) is 0 Å². The second-order valence-corrected chi connectivity index (χ2v) is 17.4. The normalized spacial score (nSPS) is 21.0. The molecule has 1 aliphatic carbocycles. The van der Waals surface area contributed by atoms with E-state index in [0.717, 1.165) is 24.8 Å². The fourth-order valence-electron chi connectivity index (χ4n) is 7.11. The number of nitrogens with zero attached hydrogens (tertiary/aromatic N) is 1. The van der Waals surface area contributed by atoms with Crippen LogP contribution in [0.4, 0.5) is 0 Å². The summed E-state index contributed by atoms with van der Waals surface area (Å²) in [5, 5.41) is 20.3. The van der Waals surface area contributed by atoms with E-state index in [1.54, 1.807) is 27.9 Å². The summed E-state index contributed by atoms with van der Waals surface area (Å²) >= 11 is 0. The summed E-state index contributed by atoms with van der Waals surface area (Å²) < 4.78 is 0. The Bertz CT molecular complexity index is 1570. The molecule has 15 heteroatoms. The first-order valence-corrected chi connectivity index (χ1v) is 19.9. The first-order valence-electron chi connectivity index (χ1n) is 19.9. The molecule has 312 valence electrons. The number of carbonyl (C=O) groups is 7. The third-order valence-electron chi connectivity index (χ3n) is 10.8. The molecule has 0 spiro atoms. The number of likely N-dealkylation sites (tertiary alicyclic amines) is 1. The maximum absolute atomic E-state index is 14.4. The van der Waals surface area contributed by atoms with E-state index in [9.17, 15) is 33.6 Å². The fraction of sp³-hybridized carbons (Fsp3) is 0.683. The van der Waals surface area contributed by atoms with E-state index in [0.29, 0.717) is 6.29 Å². The molecule has 56 heavy (non-hydrogen) atoms. The Morgan fingerprint density at radius 2 is 1.41 bits per heavy atom. The van der Waals surface area contributed by atoms with Crippen LogP contribution in [0.1, 0.15) is 111 Å².